The van der Waals surface area contributed by atoms with Crippen LogP contribution in [-0.4, -0.2) is 18.5 Å². The molecule has 0 atom stereocenters. The molecule has 0 radical (unpaired) electrons. The van der Waals surface area contributed by atoms with Crippen LogP contribution in [0.15, 0.2) is 11.6 Å². The van der Waals surface area contributed by atoms with Crippen LogP contribution < -0.4 is 0 Å². The molecule has 2 nitrogen and oxygen atoms in total. The predicted octanol–water partition coefficient (Wildman–Crippen LogP) is 1.52. The van der Waals surface area contributed by atoms with E-state index in [-0.39, 0.29) is 6.61 Å². The lowest BCUT2D eigenvalue weighted by Crippen LogP contribution is -2.02. The molecule has 52 valence electrons. The molecule has 0 unspecified atom stereocenters. The second kappa shape index (κ2) is 5.92. The maximum absolute atomic E-state index is 10.3. The lowest BCUT2D eigenvalue weighted by molar-refractivity contribution is -0.137. The zero-order valence-electron chi connectivity index (χ0n) is 4.64. The van der Waals surface area contributed by atoms with Crippen molar-refractivity contribution in [2.75, 3.05) is 12.5 Å². The van der Waals surface area contributed by atoms with Crippen molar-refractivity contribution in [2.45, 2.75) is 0 Å². The molecule has 0 fully saturated rings. The van der Waals surface area contributed by atoms with Crippen molar-refractivity contribution in [3.8, 4) is 0 Å². The number of ether oxygens (including phenoxy) is 1. The first kappa shape index (κ1) is 8.79. The number of esters is 1. The molecule has 0 aromatic rings. The van der Waals surface area contributed by atoms with Gasteiger partial charge in [0.05, 0.1) is 5.88 Å². The summed E-state index contributed by atoms with van der Waals surface area (Å²) < 4.78 is 4.49. The molecule has 9 heavy (non-hydrogen) atoms. The van der Waals surface area contributed by atoms with Gasteiger partial charge in [0.15, 0.2) is 0 Å². The monoisotopic (exact) mass is 168 g/mol. The van der Waals surface area contributed by atoms with E-state index in [0.29, 0.717) is 5.88 Å². The first-order valence-electron chi connectivity index (χ1n) is 2.30. The zero-order valence-corrected chi connectivity index (χ0v) is 6.15. The minimum Gasteiger partial charge on any atom is -0.461 e. The van der Waals surface area contributed by atoms with Crippen LogP contribution >= 0.6 is 23.2 Å². The van der Waals surface area contributed by atoms with Gasteiger partial charge in [-0.05, 0) is 0 Å². The van der Waals surface area contributed by atoms with Crippen molar-refractivity contribution in [3.05, 3.63) is 11.6 Å². The molecule has 0 aromatic heterocycles. The quantitative estimate of drug-likeness (QED) is 0.363. The van der Waals surface area contributed by atoms with Crippen LogP contribution in [0.4, 0.5) is 0 Å². The van der Waals surface area contributed by atoms with Gasteiger partial charge in [-0.1, -0.05) is 11.6 Å². The lowest BCUT2D eigenvalue weighted by Gasteiger charge is -1.94. The largest absolute Gasteiger partial charge is 0.461 e. The van der Waals surface area contributed by atoms with Crippen LogP contribution in [0.5, 0.6) is 0 Å². The Balaban J connectivity index is 3.27. The molecule has 4 heteroatoms. The minimum absolute atomic E-state index is 0.224. The molecule has 0 heterocycles. The van der Waals surface area contributed by atoms with Crippen molar-refractivity contribution < 1.29 is 9.53 Å². The van der Waals surface area contributed by atoms with Crippen molar-refractivity contribution in [1.29, 1.82) is 0 Å². The van der Waals surface area contributed by atoms with Gasteiger partial charge < -0.3 is 4.74 Å². The Morgan fingerprint density at radius 3 is 2.78 bits per heavy atom. The summed E-state index contributed by atoms with van der Waals surface area (Å²) in [7, 11) is 0. The van der Waals surface area contributed by atoms with Crippen LogP contribution in [-0.2, 0) is 9.53 Å². The molecular formula is C5H6Cl2O2. The van der Waals surface area contributed by atoms with Gasteiger partial charge in [0.1, 0.15) is 6.61 Å². The van der Waals surface area contributed by atoms with Gasteiger partial charge in [0.2, 0.25) is 0 Å². The average Bonchev–Trinajstić information content (AvgIpc) is 1.85. The van der Waals surface area contributed by atoms with Gasteiger partial charge >= 0.3 is 5.97 Å². The number of rotatable bonds is 3. The van der Waals surface area contributed by atoms with Gasteiger partial charge in [-0.15, -0.1) is 11.6 Å². The topological polar surface area (TPSA) is 26.3 Å². The van der Waals surface area contributed by atoms with Gasteiger partial charge in [0.25, 0.3) is 0 Å². The first-order valence-corrected chi connectivity index (χ1v) is 3.28. The summed E-state index contributed by atoms with van der Waals surface area (Å²) in [6, 6.07) is 0. The zero-order chi connectivity index (χ0) is 7.11. The first-order chi connectivity index (χ1) is 4.31. The Bertz CT molecular complexity index is 112. The number of halogens is 2. The third kappa shape index (κ3) is 5.66. The molecule has 0 saturated heterocycles. The Labute approximate surface area is 63.4 Å². The fourth-order valence-corrected chi connectivity index (χ4v) is 0.419. The highest BCUT2D eigenvalue weighted by Gasteiger charge is 1.92. The van der Waals surface area contributed by atoms with Gasteiger partial charge in [0, 0.05) is 11.6 Å². The van der Waals surface area contributed by atoms with Crippen LogP contribution in [0.2, 0.25) is 0 Å². The van der Waals surface area contributed by atoms with Gasteiger partial charge in [-0.25, -0.2) is 4.79 Å². The summed E-state index contributed by atoms with van der Waals surface area (Å²) in [4.78, 5) is 10.3. The summed E-state index contributed by atoms with van der Waals surface area (Å²) in [5.41, 5.74) is 1.09. The minimum atomic E-state index is -0.467. The van der Waals surface area contributed by atoms with Gasteiger partial charge in [-0.2, -0.15) is 0 Å². The number of carbonyl (C=O) groups is 1. The summed E-state index contributed by atoms with van der Waals surface area (Å²) in [5.74, 6) is -0.160. The standard InChI is InChI=1S/C5H6Cl2O2/c6-2-1-5(8)9-4-3-7/h1-2H,3-4H2. The molecule has 0 rings (SSSR count). The Morgan fingerprint density at radius 1 is 1.67 bits per heavy atom. The number of hydrogen-bond acceptors (Lipinski definition) is 2. The second-order valence-corrected chi connectivity index (χ2v) is 1.78. The Hall–Kier alpha value is -0.210. The van der Waals surface area contributed by atoms with Crippen molar-refractivity contribution in [1.82, 2.24) is 0 Å². The van der Waals surface area contributed by atoms with Crippen LogP contribution in [0, 0.1) is 0 Å². The van der Waals surface area contributed by atoms with E-state index >= 15 is 0 Å². The summed E-state index contributed by atoms with van der Waals surface area (Å²) >= 11 is 10.3. The highest BCUT2D eigenvalue weighted by Crippen LogP contribution is 1.85. The fraction of sp³-hybridized carbons (Fsp3) is 0.400. The Morgan fingerprint density at radius 2 is 2.33 bits per heavy atom. The van der Waals surface area contributed by atoms with Gasteiger partial charge in [-0.3, -0.25) is 0 Å². The second-order valence-electron chi connectivity index (χ2n) is 1.15. The third-order valence-corrected chi connectivity index (χ3v) is 0.801. The van der Waals surface area contributed by atoms with Crippen molar-refractivity contribution in [2.24, 2.45) is 0 Å². The van der Waals surface area contributed by atoms with E-state index in [4.69, 9.17) is 23.2 Å². The lowest BCUT2D eigenvalue weighted by atomic mass is 10.6. The molecule has 0 bridgehead atoms. The van der Waals surface area contributed by atoms with E-state index in [9.17, 15) is 4.79 Å². The highest BCUT2D eigenvalue weighted by atomic mass is 35.5. The maximum atomic E-state index is 10.3. The summed E-state index contributed by atoms with van der Waals surface area (Å²) in [5, 5.41) is 0. The van der Waals surface area contributed by atoms with Crippen molar-refractivity contribution in [3.63, 3.8) is 0 Å². The summed E-state index contributed by atoms with van der Waals surface area (Å²) in [6.45, 7) is 0.224. The molecule has 0 aliphatic heterocycles. The molecule has 0 aliphatic carbocycles. The Kier molecular flexibility index (Phi) is 5.78. The van der Waals surface area contributed by atoms with E-state index in [2.05, 4.69) is 4.74 Å². The maximum Gasteiger partial charge on any atom is 0.331 e. The number of hydrogen-bond donors (Lipinski definition) is 0. The molecule has 0 aliphatic rings. The number of carbonyl (C=O) groups excluding carboxylic acids is 1. The molecule has 0 amide bonds. The normalized spacial score (nSPS) is 10.0. The molecule has 0 spiro atoms. The SMILES string of the molecule is O=C(C=CCl)OCCCl. The van der Waals surface area contributed by atoms with Crippen LogP contribution in [0.1, 0.15) is 0 Å². The fourth-order valence-electron chi connectivity index (χ4n) is 0.239. The molecular weight excluding hydrogens is 163 g/mol. The van der Waals surface area contributed by atoms with Crippen LogP contribution in [0.25, 0.3) is 0 Å². The molecule has 0 N–H and O–H groups in total. The third-order valence-electron chi connectivity index (χ3n) is 0.521. The predicted molar refractivity (Wildman–Crippen MR) is 36.7 cm³/mol. The highest BCUT2D eigenvalue weighted by molar-refractivity contribution is 6.26. The van der Waals surface area contributed by atoms with E-state index in [0.717, 1.165) is 11.6 Å². The van der Waals surface area contributed by atoms with E-state index in [1.165, 1.54) is 0 Å². The summed E-state index contributed by atoms with van der Waals surface area (Å²) in [6.07, 6.45) is 1.12. The van der Waals surface area contributed by atoms with E-state index in [1.54, 1.807) is 0 Å². The van der Waals surface area contributed by atoms with Crippen molar-refractivity contribution >= 4 is 29.2 Å². The van der Waals surface area contributed by atoms with E-state index < -0.39 is 5.97 Å². The number of alkyl halides is 1. The smallest absolute Gasteiger partial charge is 0.331 e. The molecule has 0 saturated carbocycles. The average molecular weight is 169 g/mol. The van der Waals surface area contributed by atoms with E-state index in [1.807, 2.05) is 0 Å². The molecule has 0 aromatic carbocycles. The van der Waals surface area contributed by atoms with Crippen LogP contribution in [0.3, 0.4) is 0 Å².